The molecule has 2 N–H and O–H groups in total. The number of aliphatic hydroxyl groups excluding tert-OH is 1. The second kappa shape index (κ2) is 18.5. The summed E-state index contributed by atoms with van der Waals surface area (Å²) in [7, 11) is 3.10. The maximum Gasteiger partial charge on any atom is 0.258 e. The van der Waals surface area contributed by atoms with Crippen molar-refractivity contribution in [3.8, 4) is 11.5 Å². The van der Waals surface area contributed by atoms with Crippen LogP contribution in [0.15, 0.2) is 47.4 Å². The Balaban J connectivity index is 1.92. The zero-order valence-corrected chi connectivity index (χ0v) is 30.3. The van der Waals surface area contributed by atoms with Gasteiger partial charge in [0.15, 0.2) is 0 Å². The van der Waals surface area contributed by atoms with Gasteiger partial charge >= 0.3 is 0 Å². The van der Waals surface area contributed by atoms with Gasteiger partial charge in [0.2, 0.25) is 15.9 Å². The van der Waals surface area contributed by atoms with E-state index in [0.29, 0.717) is 43.1 Å². The quantitative estimate of drug-likeness (QED) is 0.337. The highest BCUT2D eigenvalue weighted by atomic mass is 32.2. The third-order valence-electron chi connectivity index (χ3n) is 8.55. The van der Waals surface area contributed by atoms with Crippen molar-refractivity contribution in [1.82, 2.24) is 14.1 Å². The zero-order valence-electron chi connectivity index (χ0n) is 29.5. The number of rotatable bonds is 12. The molecule has 0 fully saturated rings. The summed E-state index contributed by atoms with van der Waals surface area (Å²) < 4.78 is 46.1. The number of fused-ring (bicyclic) bond motifs is 1. The van der Waals surface area contributed by atoms with Gasteiger partial charge in [-0.05, 0) is 103 Å². The highest BCUT2D eigenvalue weighted by Crippen LogP contribution is 2.29. The Bertz CT molecular complexity index is 1440. The number of nitrogens with zero attached hydrogens (tertiary/aromatic N) is 3. The van der Waals surface area contributed by atoms with Crippen molar-refractivity contribution in [3.63, 3.8) is 0 Å². The van der Waals surface area contributed by atoms with Gasteiger partial charge in [-0.25, -0.2) is 8.42 Å². The van der Waals surface area contributed by atoms with E-state index in [2.05, 4.69) is 5.32 Å². The Hall–Kier alpha value is -3.23. The van der Waals surface area contributed by atoms with E-state index in [-0.39, 0.29) is 54.0 Å². The van der Waals surface area contributed by atoms with Crippen molar-refractivity contribution < 1.29 is 37.3 Å². The Labute approximate surface area is 286 Å². The van der Waals surface area contributed by atoms with Crippen LogP contribution in [0.4, 0.5) is 5.69 Å². The molecule has 0 aliphatic carbocycles. The first kappa shape index (κ1) is 39.2. The molecule has 4 atom stereocenters. The number of methoxy groups -OCH3 is 1. The molecule has 2 aromatic carbocycles. The molecule has 0 aromatic heterocycles. The smallest absolute Gasteiger partial charge is 0.258 e. The molecule has 12 nitrogen and oxygen atoms in total. The normalized spacial score (nSPS) is 20.5. The summed E-state index contributed by atoms with van der Waals surface area (Å²) in [6, 6.07) is 10.7. The predicted molar refractivity (Wildman–Crippen MR) is 186 cm³/mol. The number of ether oxygens (including phenoxy) is 3. The van der Waals surface area contributed by atoms with Crippen LogP contribution in [0, 0.1) is 5.92 Å². The van der Waals surface area contributed by atoms with E-state index in [0.717, 1.165) is 19.4 Å². The van der Waals surface area contributed by atoms with E-state index in [1.165, 1.54) is 30.6 Å². The summed E-state index contributed by atoms with van der Waals surface area (Å²) in [6.45, 7) is 6.76. The number of aliphatic hydroxyl groups is 1. The number of benzene rings is 2. The highest BCUT2D eigenvalue weighted by Gasteiger charge is 2.32. The average Bonchev–Trinajstić information content (AvgIpc) is 3.05. The first-order valence-corrected chi connectivity index (χ1v) is 18.1. The molecule has 0 spiro atoms. The molecule has 0 radical (unpaired) electrons. The molecule has 1 aliphatic rings. The molecule has 0 bridgehead atoms. The van der Waals surface area contributed by atoms with Gasteiger partial charge in [-0.15, -0.1) is 0 Å². The third-order valence-corrected chi connectivity index (χ3v) is 10.4. The molecule has 3 rings (SSSR count). The standard InChI is InChI=1S/C35H54N4O8S/c1-25-22-39(26(2)24-40)35(42)31-21-28(36-34(41)12-10-19-37(4)5)13-18-32(31)47-27(3)11-8-9-20-46-33(25)23-38(6)48(43,44)30-16-14-29(45-7)15-17-30/h13-18,21,25-27,33,40H,8-12,19-20,22-24H2,1-7H3,(H,36,41)/t25-,26+,27+,33+/m0/s1. The fraction of sp³-hybridized carbons (Fsp3) is 0.600. The number of hydrogen-bond donors (Lipinski definition) is 2. The first-order valence-electron chi connectivity index (χ1n) is 16.7. The molecular weight excluding hydrogens is 636 g/mol. The SMILES string of the molecule is COc1ccc(S(=O)(=O)N(C)C[C@H]2OCCCC[C@@H](C)Oc3ccc(NC(=O)CCCN(C)C)cc3C(=O)N([C@H](C)CO)C[C@@H]2C)cc1. The van der Waals surface area contributed by atoms with Crippen molar-refractivity contribution in [3.05, 3.63) is 48.0 Å². The summed E-state index contributed by atoms with van der Waals surface area (Å²) in [4.78, 5) is 30.7. The summed E-state index contributed by atoms with van der Waals surface area (Å²) >= 11 is 0. The minimum atomic E-state index is -3.84. The number of sulfonamides is 1. The molecule has 0 unspecified atom stereocenters. The first-order chi connectivity index (χ1) is 22.8. The van der Waals surface area contributed by atoms with E-state index in [9.17, 15) is 23.1 Å². The molecule has 48 heavy (non-hydrogen) atoms. The van der Waals surface area contributed by atoms with Crippen LogP contribution in [-0.2, 0) is 19.6 Å². The molecule has 13 heteroatoms. The number of hydrogen-bond acceptors (Lipinski definition) is 9. The van der Waals surface area contributed by atoms with Crippen molar-refractivity contribution in [2.24, 2.45) is 5.92 Å². The number of amides is 2. The largest absolute Gasteiger partial charge is 0.497 e. The summed E-state index contributed by atoms with van der Waals surface area (Å²) in [5.74, 6) is 0.114. The van der Waals surface area contributed by atoms with Gasteiger partial charge in [0.1, 0.15) is 11.5 Å². The van der Waals surface area contributed by atoms with Crippen LogP contribution in [0.2, 0.25) is 0 Å². The van der Waals surface area contributed by atoms with Crippen molar-refractivity contribution in [1.29, 1.82) is 0 Å². The van der Waals surface area contributed by atoms with Crippen LogP contribution in [0.3, 0.4) is 0 Å². The van der Waals surface area contributed by atoms with Crippen LogP contribution < -0.4 is 14.8 Å². The van der Waals surface area contributed by atoms with Crippen LogP contribution in [0.5, 0.6) is 11.5 Å². The van der Waals surface area contributed by atoms with Gasteiger partial charge in [-0.2, -0.15) is 4.31 Å². The molecule has 268 valence electrons. The molecule has 2 amide bonds. The summed E-state index contributed by atoms with van der Waals surface area (Å²) in [5, 5.41) is 13.1. The Morgan fingerprint density at radius 1 is 1.12 bits per heavy atom. The van der Waals surface area contributed by atoms with E-state index in [1.807, 2.05) is 32.8 Å². The Kier molecular flexibility index (Phi) is 15.1. The number of nitrogens with one attached hydrogen (secondary N) is 1. The second-order valence-electron chi connectivity index (χ2n) is 12.9. The minimum absolute atomic E-state index is 0.0607. The van der Waals surface area contributed by atoms with Gasteiger partial charge in [-0.1, -0.05) is 6.92 Å². The van der Waals surface area contributed by atoms with Crippen LogP contribution in [-0.4, -0.2) is 119 Å². The second-order valence-corrected chi connectivity index (χ2v) is 15.0. The van der Waals surface area contributed by atoms with E-state index in [1.54, 1.807) is 42.2 Å². The van der Waals surface area contributed by atoms with E-state index in [4.69, 9.17) is 14.2 Å². The van der Waals surface area contributed by atoms with Crippen LogP contribution >= 0.6 is 0 Å². The topological polar surface area (TPSA) is 138 Å². The van der Waals surface area contributed by atoms with E-state index < -0.39 is 22.2 Å². The molecule has 1 aliphatic heterocycles. The summed E-state index contributed by atoms with van der Waals surface area (Å²) in [5.41, 5.74) is 0.750. The number of anilines is 1. The van der Waals surface area contributed by atoms with Gasteiger partial charge in [-0.3, -0.25) is 9.59 Å². The van der Waals surface area contributed by atoms with Gasteiger partial charge in [0.25, 0.3) is 5.91 Å². The van der Waals surface area contributed by atoms with Gasteiger partial charge in [0.05, 0.1) is 42.4 Å². The number of likely N-dealkylation sites (N-methyl/N-ethyl adjacent to an activating group) is 1. The maximum atomic E-state index is 14.3. The third kappa shape index (κ3) is 11.2. The lowest BCUT2D eigenvalue weighted by Crippen LogP contribution is -2.48. The van der Waals surface area contributed by atoms with Crippen LogP contribution in [0.1, 0.15) is 63.2 Å². The zero-order chi connectivity index (χ0) is 35.4. The van der Waals surface area contributed by atoms with Crippen molar-refractivity contribution >= 4 is 27.5 Å². The maximum absolute atomic E-state index is 14.3. The van der Waals surface area contributed by atoms with Gasteiger partial charge < -0.3 is 34.4 Å². The van der Waals surface area contributed by atoms with Crippen molar-refractivity contribution in [2.45, 2.75) is 76.0 Å². The molecule has 1 heterocycles. The van der Waals surface area contributed by atoms with Crippen LogP contribution in [0.25, 0.3) is 0 Å². The lowest BCUT2D eigenvalue weighted by Gasteiger charge is -2.35. The molecular formula is C35H54N4O8S. The lowest BCUT2D eigenvalue weighted by molar-refractivity contribution is -0.116. The van der Waals surface area contributed by atoms with Gasteiger partial charge in [0, 0.05) is 44.8 Å². The predicted octanol–water partition coefficient (Wildman–Crippen LogP) is 4.09. The Morgan fingerprint density at radius 3 is 2.48 bits per heavy atom. The molecule has 2 aromatic rings. The molecule has 0 saturated heterocycles. The number of carbonyl (C=O) groups is 2. The Morgan fingerprint density at radius 2 is 1.83 bits per heavy atom. The lowest BCUT2D eigenvalue weighted by atomic mass is 10.0. The van der Waals surface area contributed by atoms with Crippen molar-refractivity contribution in [2.75, 3.05) is 66.4 Å². The van der Waals surface area contributed by atoms with E-state index >= 15 is 0 Å². The minimum Gasteiger partial charge on any atom is -0.497 e. The molecule has 0 saturated carbocycles. The average molecular weight is 691 g/mol. The fourth-order valence-electron chi connectivity index (χ4n) is 5.52. The monoisotopic (exact) mass is 690 g/mol. The summed E-state index contributed by atoms with van der Waals surface area (Å²) in [6.07, 6.45) is 2.55. The highest BCUT2D eigenvalue weighted by molar-refractivity contribution is 7.89. The number of carbonyl (C=O) groups excluding carboxylic acids is 2. The fourth-order valence-corrected chi connectivity index (χ4v) is 6.70.